The molecule has 0 saturated heterocycles. The van der Waals surface area contributed by atoms with Gasteiger partial charge in [0, 0.05) is 17.9 Å². The van der Waals surface area contributed by atoms with Gasteiger partial charge in [0.25, 0.3) is 0 Å². The average molecular weight is 472 g/mol. The van der Waals surface area contributed by atoms with Crippen LogP contribution in [0.25, 0.3) is 6.08 Å². The predicted octanol–water partition coefficient (Wildman–Crippen LogP) is 5.21. The number of nitrogens with one attached hydrogen (secondary N) is 1. The number of hydrogen-bond donors (Lipinski definition) is 2. The summed E-state index contributed by atoms with van der Waals surface area (Å²) in [5, 5.41) is 9.72. The molecule has 176 valence electrons. The maximum Gasteiger partial charge on any atom is 0.416 e. The molecular formula is C23H28F3NO4S. The van der Waals surface area contributed by atoms with Crippen LogP contribution in [-0.2, 0) is 21.0 Å². The van der Waals surface area contributed by atoms with Crippen molar-refractivity contribution in [3.63, 3.8) is 0 Å². The highest BCUT2D eigenvalue weighted by molar-refractivity contribution is 7.92. The number of unbranched alkanes of at least 4 members (excludes halogenated alkanes) is 1. The van der Waals surface area contributed by atoms with Crippen LogP contribution in [0, 0.1) is 17.8 Å². The smallest absolute Gasteiger partial charge is 0.416 e. The molecule has 1 aromatic rings. The van der Waals surface area contributed by atoms with Crippen molar-refractivity contribution in [2.45, 2.75) is 57.2 Å². The van der Waals surface area contributed by atoms with Gasteiger partial charge in [0.15, 0.2) is 0 Å². The molecule has 3 aliphatic carbocycles. The Morgan fingerprint density at radius 2 is 1.88 bits per heavy atom. The van der Waals surface area contributed by atoms with E-state index in [1.54, 1.807) is 0 Å². The van der Waals surface area contributed by atoms with Crippen molar-refractivity contribution in [1.29, 1.82) is 0 Å². The minimum absolute atomic E-state index is 0.134. The van der Waals surface area contributed by atoms with Crippen LogP contribution in [0.15, 0.2) is 41.8 Å². The minimum Gasteiger partial charge on any atom is -0.481 e. The van der Waals surface area contributed by atoms with Gasteiger partial charge < -0.3 is 5.11 Å². The number of aliphatic carboxylic acids is 1. The summed E-state index contributed by atoms with van der Waals surface area (Å²) in [7, 11) is -3.74. The summed E-state index contributed by atoms with van der Waals surface area (Å²) >= 11 is 0. The Hall–Kier alpha value is -2.13. The van der Waals surface area contributed by atoms with Crippen molar-refractivity contribution in [3.05, 3.63) is 53.0 Å². The number of rotatable bonds is 9. The lowest BCUT2D eigenvalue weighted by molar-refractivity contribution is -0.138. The molecule has 1 aromatic carbocycles. The van der Waals surface area contributed by atoms with E-state index < -0.39 is 27.7 Å². The molecule has 5 nitrogen and oxygen atoms in total. The fourth-order valence-electron chi connectivity index (χ4n) is 4.77. The number of hydrogen-bond acceptors (Lipinski definition) is 3. The number of carboxylic acid groups (broad SMARTS) is 1. The molecule has 4 unspecified atom stereocenters. The van der Waals surface area contributed by atoms with Gasteiger partial charge in [-0.2, -0.15) is 13.2 Å². The number of halogens is 3. The summed E-state index contributed by atoms with van der Waals surface area (Å²) in [6.45, 7) is 0. The lowest BCUT2D eigenvalue weighted by Gasteiger charge is -2.46. The highest BCUT2D eigenvalue weighted by atomic mass is 32.2. The fraction of sp³-hybridized carbons (Fsp3) is 0.522. The molecule has 3 fully saturated rings. The largest absolute Gasteiger partial charge is 0.481 e. The van der Waals surface area contributed by atoms with Crippen LogP contribution in [0.1, 0.15) is 56.1 Å². The number of allylic oxidation sites excluding steroid dienone is 2. The molecule has 0 amide bonds. The van der Waals surface area contributed by atoms with E-state index >= 15 is 0 Å². The van der Waals surface area contributed by atoms with Gasteiger partial charge in [0.1, 0.15) is 0 Å². The summed E-state index contributed by atoms with van der Waals surface area (Å²) < 4.78 is 65.9. The summed E-state index contributed by atoms with van der Waals surface area (Å²) in [5.41, 5.74) is -0.411. The molecule has 2 N–H and O–H groups in total. The highest BCUT2D eigenvalue weighted by Crippen LogP contribution is 2.46. The molecule has 0 aromatic heterocycles. The second-order valence-corrected chi connectivity index (χ2v) is 10.2. The van der Waals surface area contributed by atoms with Gasteiger partial charge in [-0.1, -0.05) is 30.7 Å². The monoisotopic (exact) mass is 471 g/mol. The van der Waals surface area contributed by atoms with Crippen LogP contribution >= 0.6 is 0 Å². The van der Waals surface area contributed by atoms with E-state index in [0.717, 1.165) is 43.2 Å². The van der Waals surface area contributed by atoms with Crippen LogP contribution in [0.3, 0.4) is 0 Å². The maximum atomic E-state index is 12.7. The molecule has 4 atom stereocenters. The Morgan fingerprint density at radius 3 is 2.50 bits per heavy atom. The van der Waals surface area contributed by atoms with Crippen molar-refractivity contribution >= 4 is 22.1 Å². The van der Waals surface area contributed by atoms with E-state index in [0.29, 0.717) is 24.3 Å². The predicted molar refractivity (Wildman–Crippen MR) is 116 cm³/mol. The lowest BCUT2D eigenvalue weighted by Crippen LogP contribution is -2.49. The van der Waals surface area contributed by atoms with Crippen molar-refractivity contribution < 1.29 is 31.5 Å². The van der Waals surface area contributed by atoms with Crippen LogP contribution in [0.2, 0.25) is 0 Å². The third-order valence-corrected chi connectivity index (χ3v) is 7.43. The first kappa shape index (κ1) is 24.5. The van der Waals surface area contributed by atoms with Crippen molar-refractivity contribution in [2.24, 2.45) is 17.8 Å². The van der Waals surface area contributed by atoms with E-state index in [2.05, 4.69) is 10.8 Å². The Kier molecular flexibility index (Phi) is 7.82. The number of alkyl halides is 3. The quantitative estimate of drug-likeness (QED) is 0.383. The average Bonchev–Trinajstić information content (AvgIpc) is 2.72. The molecule has 3 aliphatic rings. The Labute approximate surface area is 186 Å². The summed E-state index contributed by atoms with van der Waals surface area (Å²) in [6.07, 6.45) is 6.18. The van der Waals surface area contributed by atoms with E-state index in [1.807, 2.05) is 6.08 Å². The van der Waals surface area contributed by atoms with Crippen LogP contribution in [-0.4, -0.2) is 25.5 Å². The van der Waals surface area contributed by atoms with Crippen molar-refractivity contribution in [1.82, 2.24) is 4.72 Å². The molecule has 32 heavy (non-hydrogen) atoms. The molecule has 0 aliphatic heterocycles. The second kappa shape index (κ2) is 10.2. The van der Waals surface area contributed by atoms with Gasteiger partial charge in [0.05, 0.1) is 5.56 Å². The number of fused-ring (bicyclic) bond motifs is 3. The molecular weight excluding hydrogens is 443 g/mol. The standard InChI is InChI=1S/C23H28F3NO4S/c24-23(25,26)19-9-6-16(7-10-19)12-13-32(30,31)27-21-15-17-8-11-20(21)18(14-17)4-2-1-3-5-22(28)29/h2,4,6-7,9-10,12-13,17-18,20-21,27H,1,3,5,8,11,14-15H2,(H,28,29). The van der Waals surface area contributed by atoms with Crippen LogP contribution < -0.4 is 4.72 Å². The van der Waals surface area contributed by atoms with Gasteiger partial charge in [-0.3, -0.25) is 4.79 Å². The molecule has 0 radical (unpaired) electrons. The topological polar surface area (TPSA) is 83.5 Å². The second-order valence-electron chi connectivity index (χ2n) is 8.65. The number of carboxylic acids is 1. The van der Waals surface area contributed by atoms with Gasteiger partial charge in [0.2, 0.25) is 10.0 Å². The number of sulfonamides is 1. The normalized spacial score (nSPS) is 26.2. The van der Waals surface area contributed by atoms with Gasteiger partial charge in [-0.15, -0.1) is 0 Å². The van der Waals surface area contributed by atoms with E-state index in [1.165, 1.54) is 18.2 Å². The first-order valence-corrected chi connectivity index (χ1v) is 12.3. The van der Waals surface area contributed by atoms with Gasteiger partial charge in [-0.05, 0) is 73.6 Å². The van der Waals surface area contributed by atoms with Gasteiger partial charge >= 0.3 is 12.1 Å². The zero-order valence-electron chi connectivity index (χ0n) is 17.6. The SMILES string of the molecule is O=C(O)CCCC=CC1CC2CCC1C(NS(=O)(=O)C=Cc1ccc(C(F)(F)F)cc1)C2. The van der Waals surface area contributed by atoms with Crippen LogP contribution in [0.5, 0.6) is 0 Å². The van der Waals surface area contributed by atoms with Crippen molar-refractivity contribution in [2.75, 3.05) is 0 Å². The summed E-state index contributed by atoms with van der Waals surface area (Å²) in [6, 6.07) is 4.14. The summed E-state index contributed by atoms with van der Waals surface area (Å²) in [4.78, 5) is 10.6. The highest BCUT2D eigenvalue weighted by Gasteiger charge is 2.42. The van der Waals surface area contributed by atoms with Gasteiger partial charge in [-0.25, -0.2) is 13.1 Å². The third-order valence-electron chi connectivity index (χ3n) is 6.31. The number of benzene rings is 1. The Balaban J connectivity index is 1.59. The number of carbonyl (C=O) groups is 1. The Bertz CT molecular complexity index is 954. The first-order chi connectivity index (χ1) is 15.0. The maximum absolute atomic E-state index is 12.7. The molecule has 9 heteroatoms. The molecule has 2 bridgehead atoms. The van der Waals surface area contributed by atoms with Crippen LogP contribution in [0.4, 0.5) is 13.2 Å². The minimum atomic E-state index is -4.43. The van der Waals surface area contributed by atoms with Crippen molar-refractivity contribution in [3.8, 4) is 0 Å². The Morgan fingerprint density at radius 1 is 1.16 bits per heavy atom. The first-order valence-electron chi connectivity index (χ1n) is 10.8. The zero-order chi connectivity index (χ0) is 23.4. The van der Waals surface area contributed by atoms with E-state index in [9.17, 15) is 26.4 Å². The summed E-state index contributed by atoms with van der Waals surface area (Å²) in [5.74, 6) is 0.0816. The fourth-order valence-corrected chi connectivity index (χ4v) is 5.88. The molecule has 0 spiro atoms. The molecule has 0 heterocycles. The zero-order valence-corrected chi connectivity index (χ0v) is 18.4. The third kappa shape index (κ3) is 6.93. The van der Waals surface area contributed by atoms with E-state index in [4.69, 9.17) is 5.11 Å². The van der Waals surface area contributed by atoms with E-state index in [-0.39, 0.29) is 24.3 Å². The molecule has 3 saturated carbocycles. The lowest BCUT2D eigenvalue weighted by atomic mass is 9.62. The molecule has 4 rings (SSSR count).